The van der Waals surface area contributed by atoms with Crippen LogP contribution in [0.3, 0.4) is 0 Å². The first-order valence-electron chi connectivity index (χ1n) is 6.12. The number of hydrogen-bond acceptors (Lipinski definition) is 3. The van der Waals surface area contributed by atoms with E-state index in [1.807, 2.05) is 11.8 Å². The van der Waals surface area contributed by atoms with Gasteiger partial charge in [0, 0.05) is 12.1 Å². The SMILES string of the molecule is CSCCC(CO)NC(C)CC1CCC1. The Balaban J connectivity index is 2.11. The molecular formula is C12H25NOS. The molecule has 1 aliphatic rings. The first-order chi connectivity index (χ1) is 7.26. The average Bonchev–Trinajstić information content (AvgIpc) is 2.18. The van der Waals surface area contributed by atoms with Crippen molar-refractivity contribution >= 4 is 11.8 Å². The van der Waals surface area contributed by atoms with Crippen LogP contribution >= 0.6 is 11.8 Å². The van der Waals surface area contributed by atoms with Gasteiger partial charge < -0.3 is 10.4 Å². The topological polar surface area (TPSA) is 32.3 Å². The van der Waals surface area contributed by atoms with Crippen molar-refractivity contribution in [3.63, 3.8) is 0 Å². The van der Waals surface area contributed by atoms with Crippen LogP contribution < -0.4 is 5.32 Å². The number of rotatable bonds is 8. The normalized spacial score (nSPS) is 21.0. The van der Waals surface area contributed by atoms with Crippen molar-refractivity contribution in [2.24, 2.45) is 5.92 Å². The fraction of sp³-hybridized carbons (Fsp3) is 1.00. The summed E-state index contributed by atoms with van der Waals surface area (Å²) in [6.07, 6.45) is 8.74. The van der Waals surface area contributed by atoms with Crippen LogP contribution in [0, 0.1) is 5.92 Å². The minimum absolute atomic E-state index is 0.273. The van der Waals surface area contributed by atoms with Crippen molar-refractivity contribution in [1.29, 1.82) is 0 Å². The zero-order valence-electron chi connectivity index (χ0n) is 10.0. The van der Waals surface area contributed by atoms with Crippen molar-refractivity contribution in [3.05, 3.63) is 0 Å². The first-order valence-corrected chi connectivity index (χ1v) is 7.51. The summed E-state index contributed by atoms with van der Waals surface area (Å²) in [5.41, 5.74) is 0. The van der Waals surface area contributed by atoms with E-state index in [0.717, 1.165) is 18.1 Å². The molecule has 2 N–H and O–H groups in total. The van der Waals surface area contributed by atoms with Crippen LogP contribution in [0.25, 0.3) is 0 Å². The fourth-order valence-electron chi connectivity index (χ4n) is 2.19. The molecule has 2 atom stereocenters. The minimum atomic E-state index is 0.273. The third-order valence-electron chi connectivity index (χ3n) is 3.32. The highest BCUT2D eigenvalue weighted by atomic mass is 32.2. The summed E-state index contributed by atoms with van der Waals surface area (Å²) in [7, 11) is 0. The van der Waals surface area contributed by atoms with Gasteiger partial charge in [-0.15, -0.1) is 0 Å². The molecule has 1 fully saturated rings. The molecule has 0 aromatic heterocycles. The molecule has 1 rings (SSSR count). The molecule has 0 saturated heterocycles. The maximum atomic E-state index is 9.24. The number of aliphatic hydroxyl groups is 1. The molecular weight excluding hydrogens is 206 g/mol. The maximum absolute atomic E-state index is 9.24. The number of nitrogens with one attached hydrogen (secondary N) is 1. The summed E-state index contributed by atoms with van der Waals surface area (Å²) in [5, 5.41) is 12.8. The van der Waals surface area contributed by atoms with Crippen LogP contribution in [-0.4, -0.2) is 35.8 Å². The molecule has 15 heavy (non-hydrogen) atoms. The lowest BCUT2D eigenvalue weighted by molar-refractivity contribution is 0.208. The van der Waals surface area contributed by atoms with Gasteiger partial charge in [-0.25, -0.2) is 0 Å². The van der Waals surface area contributed by atoms with Gasteiger partial charge in [-0.05, 0) is 37.7 Å². The number of hydrogen-bond donors (Lipinski definition) is 2. The van der Waals surface area contributed by atoms with E-state index < -0.39 is 0 Å². The summed E-state index contributed by atoms with van der Waals surface area (Å²) in [5.74, 6) is 2.08. The summed E-state index contributed by atoms with van der Waals surface area (Å²) in [6, 6.07) is 0.863. The van der Waals surface area contributed by atoms with Gasteiger partial charge in [0.25, 0.3) is 0 Å². The van der Waals surface area contributed by atoms with Crippen LogP contribution in [0.2, 0.25) is 0 Å². The lowest BCUT2D eigenvalue weighted by Gasteiger charge is -2.30. The van der Waals surface area contributed by atoms with Crippen molar-refractivity contribution < 1.29 is 5.11 Å². The predicted octanol–water partition coefficient (Wildman–Crippen LogP) is 2.27. The molecule has 0 aliphatic heterocycles. The standard InChI is InChI=1S/C12H25NOS/c1-10(8-11-4-3-5-11)13-12(9-14)6-7-15-2/h10-14H,3-9H2,1-2H3. The summed E-state index contributed by atoms with van der Waals surface area (Å²) in [4.78, 5) is 0. The Hall–Kier alpha value is 0.270. The number of thioether (sulfide) groups is 1. The summed E-state index contributed by atoms with van der Waals surface area (Å²) in [6.45, 7) is 2.52. The average molecular weight is 231 g/mol. The van der Waals surface area contributed by atoms with Gasteiger partial charge in [-0.2, -0.15) is 11.8 Å². The van der Waals surface area contributed by atoms with Gasteiger partial charge in [0.15, 0.2) is 0 Å². The molecule has 2 nitrogen and oxygen atoms in total. The van der Waals surface area contributed by atoms with Gasteiger partial charge >= 0.3 is 0 Å². The van der Waals surface area contributed by atoms with Gasteiger partial charge in [-0.1, -0.05) is 19.3 Å². The Bertz CT molecular complexity index is 162. The van der Waals surface area contributed by atoms with Crippen LogP contribution in [0.5, 0.6) is 0 Å². The highest BCUT2D eigenvalue weighted by molar-refractivity contribution is 7.98. The second-order valence-electron chi connectivity index (χ2n) is 4.76. The molecule has 1 saturated carbocycles. The molecule has 0 radical (unpaired) electrons. The Kier molecular flexibility index (Phi) is 6.69. The molecule has 0 amide bonds. The Labute approximate surface area is 98.2 Å². The number of aliphatic hydroxyl groups excluding tert-OH is 1. The highest BCUT2D eigenvalue weighted by Crippen LogP contribution is 2.30. The van der Waals surface area contributed by atoms with Gasteiger partial charge in [-0.3, -0.25) is 0 Å². The van der Waals surface area contributed by atoms with Crippen molar-refractivity contribution in [1.82, 2.24) is 5.32 Å². The van der Waals surface area contributed by atoms with Gasteiger partial charge in [0.2, 0.25) is 0 Å². The van der Waals surface area contributed by atoms with Crippen molar-refractivity contribution in [2.45, 2.75) is 51.1 Å². The first kappa shape index (κ1) is 13.3. The largest absolute Gasteiger partial charge is 0.395 e. The third-order valence-corrected chi connectivity index (χ3v) is 3.97. The van der Waals surface area contributed by atoms with Gasteiger partial charge in [0.05, 0.1) is 6.61 Å². The Morgan fingerprint density at radius 3 is 2.67 bits per heavy atom. The molecule has 0 spiro atoms. The molecule has 0 bridgehead atoms. The predicted molar refractivity (Wildman–Crippen MR) is 68.4 cm³/mol. The Morgan fingerprint density at radius 1 is 1.47 bits per heavy atom. The fourth-order valence-corrected chi connectivity index (χ4v) is 2.71. The van der Waals surface area contributed by atoms with Crippen LogP contribution in [0.1, 0.15) is 39.0 Å². The third kappa shape index (κ3) is 5.23. The maximum Gasteiger partial charge on any atom is 0.0585 e. The van der Waals surface area contributed by atoms with Gasteiger partial charge in [0.1, 0.15) is 0 Å². The smallest absolute Gasteiger partial charge is 0.0585 e. The molecule has 0 aromatic rings. The highest BCUT2D eigenvalue weighted by Gasteiger charge is 2.21. The lowest BCUT2D eigenvalue weighted by atomic mass is 9.81. The van der Waals surface area contributed by atoms with Crippen molar-refractivity contribution in [2.75, 3.05) is 18.6 Å². The lowest BCUT2D eigenvalue weighted by Crippen LogP contribution is -2.40. The van der Waals surface area contributed by atoms with E-state index >= 15 is 0 Å². The molecule has 0 heterocycles. The molecule has 1 aliphatic carbocycles. The zero-order chi connectivity index (χ0) is 11.1. The van der Waals surface area contributed by atoms with E-state index in [0.29, 0.717) is 12.1 Å². The second-order valence-corrected chi connectivity index (χ2v) is 5.75. The van der Waals surface area contributed by atoms with E-state index in [9.17, 15) is 5.11 Å². The van der Waals surface area contributed by atoms with Crippen LogP contribution in [0.4, 0.5) is 0 Å². The monoisotopic (exact) mass is 231 g/mol. The second kappa shape index (κ2) is 7.53. The van der Waals surface area contributed by atoms with Crippen molar-refractivity contribution in [3.8, 4) is 0 Å². The van der Waals surface area contributed by atoms with E-state index in [-0.39, 0.29) is 6.61 Å². The van der Waals surface area contributed by atoms with Crippen LogP contribution in [0.15, 0.2) is 0 Å². The zero-order valence-corrected chi connectivity index (χ0v) is 10.9. The van der Waals surface area contributed by atoms with E-state index in [2.05, 4.69) is 18.5 Å². The molecule has 3 heteroatoms. The summed E-state index contributed by atoms with van der Waals surface area (Å²) >= 11 is 1.85. The molecule has 0 aromatic carbocycles. The summed E-state index contributed by atoms with van der Waals surface area (Å²) < 4.78 is 0. The molecule has 90 valence electrons. The van der Waals surface area contributed by atoms with E-state index in [4.69, 9.17) is 0 Å². The van der Waals surface area contributed by atoms with E-state index in [1.54, 1.807) is 0 Å². The van der Waals surface area contributed by atoms with Crippen LogP contribution in [-0.2, 0) is 0 Å². The molecule has 2 unspecified atom stereocenters. The Morgan fingerprint density at radius 2 is 2.20 bits per heavy atom. The van der Waals surface area contributed by atoms with E-state index in [1.165, 1.54) is 25.7 Å². The quantitative estimate of drug-likeness (QED) is 0.672. The minimum Gasteiger partial charge on any atom is -0.395 e.